The zero-order chi connectivity index (χ0) is 14.4. The van der Waals surface area contributed by atoms with Gasteiger partial charge in [0.25, 0.3) is 0 Å². The summed E-state index contributed by atoms with van der Waals surface area (Å²) in [5.41, 5.74) is 8.13. The number of nitrogens with zero attached hydrogens (tertiary/aromatic N) is 2. The minimum Gasteiger partial charge on any atom is -0.496 e. The number of hydrogen-bond acceptors (Lipinski definition) is 3. The molecule has 0 spiro atoms. The zero-order valence-electron chi connectivity index (χ0n) is 11.9. The van der Waals surface area contributed by atoms with E-state index in [0.717, 1.165) is 33.6 Å². The second kappa shape index (κ2) is 4.52. The molecule has 4 nitrogen and oxygen atoms in total. The smallest absolute Gasteiger partial charge is 0.131 e. The molecule has 1 aliphatic carbocycles. The second-order valence-corrected chi connectivity index (χ2v) is 5.48. The first-order chi connectivity index (χ1) is 10.3. The maximum absolute atomic E-state index is 6.34. The zero-order valence-corrected chi connectivity index (χ0v) is 11.9. The normalized spacial score (nSPS) is 14.5. The van der Waals surface area contributed by atoms with E-state index in [4.69, 9.17) is 10.5 Å². The van der Waals surface area contributed by atoms with Crippen LogP contribution < -0.4 is 10.5 Å². The van der Waals surface area contributed by atoms with Crippen LogP contribution in [0.1, 0.15) is 18.9 Å². The topological polar surface area (TPSA) is 53.1 Å². The van der Waals surface area contributed by atoms with Crippen molar-refractivity contribution in [1.29, 1.82) is 0 Å². The van der Waals surface area contributed by atoms with E-state index >= 15 is 0 Å². The van der Waals surface area contributed by atoms with Crippen LogP contribution >= 0.6 is 0 Å². The van der Waals surface area contributed by atoms with Crippen LogP contribution in [0.15, 0.2) is 42.7 Å². The highest BCUT2D eigenvalue weighted by atomic mass is 16.5. The van der Waals surface area contributed by atoms with Crippen LogP contribution in [-0.2, 0) is 0 Å². The third kappa shape index (κ3) is 1.87. The molecule has 0 unspecified atom stereocenters. The van der Waals surface area contributed by atoms with Crippen LogP contribution in [0.3, 0.4) is 0 Å². The number of fused-ring (bicyclic) bond motifs is 1. The van der Waals surface area contributed by atoms with E-state index in [-0.39, 0.29) is 0 Å². The summed E-state index contributed by atoms with van der Waals surface area (Å²) in [4.78, 5) is 4.56. The molecule has 0 bridgehead atoms. The first kappa shape index (κ1) is 12.3. The van der Waals surface area contributed by atoms with Crippen LogP contribution in [0, 0.1) is 0 Å². The molecule has 4 heteroatoms. The largest absolute Gasteiger partial charge is 0.496 e. The van der Waals surface area contributed by atoms with Crippen LogP contribution in [0.4, 0.5) is 5.82 Å². The van der Waals surface area contributed by atoms with Gasteiger partial charge in [-0.1, -0.05) is 30.3 Å². The van der Waals surface area contributed by atoms with Crippen LogP contribution in [0.5, 0.6) is 5.75 Å². The summed E-state index contributed by atoms with van der Waals surface area (Å²) in [5, 5.41) is 2.28. The van der Waals surface area contributed by atoms with Gasteiger partial charge in [0, 0.05) is 6.04 Å². The molecule has 1 aliphatic rings. The Morgan fingerprint density at radius 1 is 1.19 bits per heavy atom. The summed E-state index contributed by atoms with van der Waals surface area (Å²) >= 11 is 0. The minimum absolute atomic E-state index is 0.521. The summed E-state index contributed by atoms with van der Waals surface area (Å²) in [6.45, 7) is 0. The number of aromatic nitrogens is 2. The van der Waals surface area contributed by atoms with Gasteiger partial charge < -0.3 is 15.0 Å². The van der Waals surface area contributed by atoms with E-state index < -0.39 is 0 Å². The van der Waals surface area contributed by atoms with Gasteiger partial charge in [-0.2, -0.15) is 0 Å². The molecule has 0 radical (unpaired) electrons. The van der Waals surface area contributed by atoms with Gasteiger partial charge in [0.05, 0.1) is 19.0 Å². The number of methoxy groups -OCH3 is 1. The number of nitrogen functional groups attached to an aromatic ring is 1. The fourth-order valence-corrected chi connectivity index (χ4v) is 2.87. The highest BCUT2D eigenvalue weighted by Gasteiger charge is 2.27. The van der Waals surface area contributed by atoms with Gasteiger partial charge in [0.1, 0.15) is 17.3 Å². The lowest BCUT2D eigenvalue weighted by Crippen LogP contribution is -2.00. The molecule has 4 rings (SSSR count). The Morgan fingerprint density at radius 2 is 2.00 bits per heavy atom. The van der Waals surface area contributed by atoms with Gasteiger partial charge in [-0.25, -0.2) is 4.98 Å². The van der Waals surface area contributed by atoms with Crippen molar-refractivity contribution in [2.75, 3.05) is 12.8 Å². The van der Waals surface area contributed by atoms with Gasteiger partial charge in [0.15, 0.2) is 0 Å². The lowest BCUT2D eigenvalue weighted by Gasteiger charge is -2.11. The number of hydrogen-bond donors (Lipinski definition) is 1. The van der Waals surface area contributed by atoms with E-state index in [2.05, 4.69) is 27.8 Å². The molecule has 21 heavy (non-hydrogen) atoms. The first-order valence-electron chi connectivity index (χ1n) is 7.18. The van der Waals surface area contributed by atoms with Gasteiger partial charge in [0.2, 0.25) is 0 Å². The Hall–Kier alpha value is -2.49. The molecule has 2 aromatic carbocycles. The second-order valence-electron chi connectivity index (χ2n) is 5.48. The quantitative estimate of drug-likeness (QED) is 0.796. The number of anilines is 1. The van der Waals surface area contributed by atoms with Crippen molar-refractivity contribution in [3.8, 4) is 17.0 Å². The molecule has 0 aliphatic heterocycles. The number of benzene rings is 2. The summed E-state index contributed by atoms with van der Waals surface area (Å²) in [7, 11) is 1.68. The Morgan fingerprint density at radius 3 is 2.76 bits per heavy atom. The predicted molar refractivity (Wildman–Crippen MR) is 84.4 cm³/mol. The molecule has 0 amide bonds. The monoisotopic (exact) mass is 279 g/mol. The Kier molecular flexibility index (Phi) is 2.64. The number of imidazole rings is 1. The fourth-order valence-electron chi connectivity index (χ4n) is 2.87. The lowest BCUT2D eigenvalue weighted by molar-refractivity contribution is 0.417. The maximum atomic E-state index is 6.34. The molecule has 0 saturated heterocycles. The Balaban J connectivity index is 2.00. The van der Waals surface area contributed by atoms with E-state index in [1.807, 2.05) is 24.5 Å². The third-order valence-electron chi connectivity index (χ3n) is 4.12. The minimum atomic E-state index is 0.521. The number of rotatable bonds is 3. The molecule has 2 N–H and O–H groups in total. The Labute approximate surface area is 123 Å². The van der Waals surface area contributed by atoms with Crippen molar-refractivity contribution in [3.63, 3.8) is 0 Å². The van der Waals surface area contributed by atoms with E-state index in [1.54, 1.807) is 7.11 Å². The Bertz CT molecular complexity index is 818. The van der Waals surface area contributed by atoms with Gasteiger partial charge in [-0.15, -0.1) is 0 Å². The summed E-state index contributed by atoms with van der Waals surface area (Å²) < 4.78 is 7.62. The van der Waals surface area contributed by atoms with Crippen molar-refractivity contribution in [2.24, 2.45) is 0 Å². The van der Waals surface area contributed by atoms with Crippen molar-refractivity contribution < 1.29 is 4.74 Å². The summed E-state index contributed by atoms with van der Waals surface area (Å²) in [6.07, 6.45) is 4.23. The highest BCUT2D eigenvalue weighted by molar-refractivity contribution is 6.00. The lowest BCUT2D eigenvalue weighted by atomic mass is 10.0. The average Bonchev–Trinajstić information content (AvgIpc) is 3.29. The molecular formula is C17H17N3O. The van der Waals surface area contributed by atoms with Crippen molar-refractivity contribution in [3.05, 3.63) is 42.7 Å². The standard InChI is InChI=1S/C17H17N3O/c1-21-14-9-6-11-4-2-3-5-13(11)15(14)16-17(18)20(10-19-16)12-7-8-12/h2-6,9-10,12H,7-8,18H2,1H3. The molecular weight excluding hydrogens is 262 g/mol. The van der Waals surface area contributed by atoms with Gasteiger partial charge in [-0.3, -0.25) is 0 Å². The predicted octanol–water partition coefficient (Wildman–Crippen LogP) is 3.63. The molecule has 106 valence electrons. The van der Waals surface area contributed by atoms with Crippen LogP contribution in [0.2, 0.25) is 0 Å². The molecule has 1 fully saturated rings. The molecule has 3 aromatic rings. The van der Waals surface area contributed by atoms with Gasteiger partial charge >= 0.3 is 0 Å². The fraction of sp³-hybridized carbons (Fsp3) is 0.235. The van der Waals surface area contributed by atoms with E-state index in [0.29, 0.717) is 6.04 Å². The summed E-state index contributed by atoms with van der Waals surface area (Å²) in [5.74, 6) is 1.54. The highest BCUT2D eigenvalue weighted by Crippen LogP contribution is 2.43. The molecule has 1 aromatic heterocycles. The maximum Gasteiger partial charge on any atom is 0.131 e. The van der Waals surface area contributed by atoms with E-state index in [1.165, 1.54) is 12.8 Å². The van der Waals surface area contributed by atoms with Crippen LogP contribution in [-0.4, -0.2) is 16.7 Å². The SMILES string of the molecule is COc1ccc2ccccc2c1-c1ncn(C2CC2)c1N. The third-order valence-corrected chi connectivity index (χ3v) is 4.12. The van der Waals surface area contributed by atoms with Crippen molar-refractivity contribution in [2.45, 2.75) is 18.9 Å². The average molecular weight is 279 g/mol. The number of nitrogens with two attached hydrogens (primary N) is 1. The summed E-state index contributed by atoms with van der Waals surface area (Å²) in [6, 6.07) is 12.8. The first-order valence-corrected chi connectivity index (χ1v) is 7.18. The molecule has 1 saturated carbocycles. The molecule has 1 heterocycles. The van der Waals surface area contributed by atoms with Gasteiger partial charge in [-0.05, 0) is 29.7 Å². The van der Waals surface area contributed by atoms with Crippen molar-refractivity contribution >= 4 is 16.6 Å². The molecule has 0 atom stereocenters. The van der Waals surface area contributed by atoms with Crippen molar-refractivity contribution in [1.82, 2.24) is 9.55 Å². The van der Waals surface area contributed by atoms with E-state index in [9.17, 15) is 0 Å². The number of ether oxygens (including phenoxy) is 1. The van der Waals surface area contributed by atoms with Crippen LogP contribution in [0.25, 0.3) is 22.0 Å².